The second kappa shape index (κ2) is 14.1. The number of aryl methyl sites for hydroxylation is 1. The van der Waals surface area contributed by atoms with Crippen molar-refractivity contribution in [2.45, 2.75) is 180 Å². The van der Waals surface area contributed by atoms with E-state index in [0.717, 1.165) is 0 Å². The minimum Gasteiger partial charge on any atom is -0.311 e. The Morgan fingerprint density at radius 2 is 1.09 bits per heavy atom. The topological polar surface area (TPSA) is 6.48 Å². The smallest absolute Gasteiger partial charge is 0.254 e. The van der Waals surface area contributed by atoms with Gasteiger partial charge >= 0.3 is 0 Å². The average Bonchev–Trinajstić information content (AvgIpc) is 3.91. The quantitative estimate of drug-likeness (QED) is 0.163. The summed E-state index contributed by atoms with van der Waals surface area (Å²) >= 11 is 2.07. The molecule has 0 radical (unpaired) electrons. The van der Waals surface area contributed by atoms with Crippen LogP contribution in [-0.2, 0) is 37.9 Å². The Morgan fingerprint density at radius 1 is 0.500 bits per heavy atom. The van der Waals surface area contributed by atoms with E-state index in [1.54, 1.807) is 11.1 Å². The Balaban J connectivity index is 1.17. The molecule has 0 N–H and O–H groups in total. The molecular formula is C66H73BN2S. The zero-order chi connectivity index (χ0) is 49.0. The number of rotatable bonds is 3. The molecule has 2 unspecified atom stereocenters. The van der Waals surface area contributed by atoms with Crippen molar-refractivity contribution in [2.24, 2.45) is 0 Å². The van der Waals surface area contributed by atoms with Crippen LogP contribution >= 0.6 is 11.3 Å². The molecule has 6 aliphatic rings. The van der Waals surface area contributed by atoms with Gasteiger partial charge in [-0.2, -0.15) is 0 Å². The van der Waals surface area contributed by atoms with Gasteiger partial charge in [0.1, 0.15) is 0 Å². The van der Waals surface area contributed by atoms with Gasteiger partial charge in [0.25, 0.3) is 6.71 Å². The van der Waals surface area contributed by atoms with Crippen LogP contribution in [0.1, 0.15) is 179 Å². The van der Waals surface area contributed by atoms with E-state index in [1.165, 1.54) is 149 Å². The Bertz CT molecular complexity index is 3410. The van der Waals surface area contributed by atoms with Gasteiger partial charge in [-0.25, -0.2) is 0 Å². The van der Waals surface area contributed by atoms with Gasteiger partial charge in [-0.1, -0.05) is 139 Å². The maximum Gasteiger partial charge on any atom is 0.254 e. The standard InChI is InChI=1S/C66H73BN2S/c1-39-30-54-58-55(31-39)69(52-23-20-41(60(2,3)4)32-43(52)40-18-16-15-17-19-40)53-36-48-47(63(9,10)26-27-64(48,11)12)35-51(53)67(58)57-44-34-49-50(66(14)29-28-65(49,13)38-66)37-56(44)70-59(57)68(54)42-21-22-45-46(33-42)62(7,8)25-24-61(45,5)6/h15-23,30-37H,24-29,38H2,1-14H3. The van der Waals surface area contributed by atoms with Crippen LogP contribution in [0.2, 0.25) is 0 Å². The summed E-state index contributed by atoms with van der Waals surface area (Å²) in [6.07, 6.45) is 8.60. The van der Waals surface area contributed by atoms with Crippen LogP contribution in [0.3, 0.4) is 0 Å². The van der Waals surface area contributed by atoms with Gasteiger partial charge in [-0.3, -0.25) is 0 Å². The number of thiophene rings is 1. The molecule has 2 bridgehead atoms. The van der Waals surface area contributed by atoms with E-state index in [2.05, 4.69) is 221 Å². The van der Waals surface area contributed by atoms with Gasteiger partial charge in [-0.15, -0.1) is 11.3 Å². The highest BCUT2D eigenvalue weighted by Crippen LogP contribution is 2.62. The van der Waals surface area contributed by atoms with Gasteiger partial charge in [0.05, 0.1) is 10.7 Å². The second-order valence-electron chi connectivity index (χ2n) is 27.4. The number of hydrogen-bond acceptors (Lipinski definition) is 3. The molecule has 0 amide bonds. The average molecular weight is 937 g/mol. The Kier molecular flexibility index (Phi) is 9.05. The predicted octanol–water partition coefficient (Wildman–Crippen LogP) is 16.7. The van der Waals surface area contributed by atoms with Crippen LogP contribution in [0.5, 0.6) is 0 Å². The summed E-state index contributed by atoms with van der Waals surface area (Å²) in [5.74, 6) is 0. The van der Waals surface area contributed by atoms with Crippen LogP contribution in [-0.4, -0.2) is 6.71 Å². The molecule has 0 saturated heterocycles. The van der Waals surface area contributed by atoms with Gasteiger partial charge in [0.15, 0.2) is 0 Å². The summed E-state index contributed by atoms with van der Waals surface area (Å²) in [6, 6.07) is 42.2. The molecule has 13 rings (SSSR count). The molecule has 2 aliphatic heterocycles. The first kappa shape index (κ1) is 44.9. The highest BCUT2D eigenvalue weighted by Gasteiger charge is 2.54. The minimum absolute atomic E-state index is 0.00608. The molecule has 356 valence electrons. The van der Waals surface area contributed by atoms with E-state index < -0.39 is 0 Å². The second-order valence-corrected chi connectivity index (χ2v) is 28.4. The summed E-state index contributed by atoms with van der Waals surface area (Å²) in [5, 5.41) is 2.87. The third-order valence-corrected chi connectivity index (χ3v) is 20.7. The summed E-state index contributed by atoms with van der Waals surface area (Å²) in [7, 11) is 0. The van der Waals surface area contributed by atoms with Crippen molar-refractivity contribution in [1.29, 1.82) is 0 Å². The zero-order valence-corrected chi connectivity index (χ0v) is 45.5. The fourth-order valence-electron chi connectivity index (χ4n) is 15.1. The lowest BCUT2D eigenvalue weighted by atomic mass is 9.33. The first-order chi connectivity index (χ1) is 32.9. The van der Waals surface area contributed by atoms with Crippen molar-refractivity contribution in [3.63, 3.8) is 0 Å². The molecule has 7 aromatic rings. The lowest BCUT2D eigenvalue weighted by molar-refractivity contribution is 0.332. The maximum absolute atomic E-state index is 2.75. The summed E-state index contributed by atoms with van der Waals surface area (Å²) in [5.41, 5.74) is 26.2. The van der Waals surface area contributed by atoms with Gasteiger partial charge in [0, 0.05) is 33.0 Å². The van der Waals surface area contributed by atoms with Gasteiger partial charge in [0.2, 0.25) is 0 Å². The SMILES string of the molecule is Cc1cc2c3c(c1)N(c1ccc4c(c1)C(C)(C)CCC4(C)C)c1sc4cc5c(cc4c1B3c1cc3c(cc1N2c1ccc(C(C)(C)C)cc1-c1ccccc1)C(C)(C)CCC3(C)C)C1(C)CCC5(C)C1. The molecule has 2 atom stereocenters. The van der Waals surface area contributed by atoms with Crippen LogP contribution < -0.4 is 26.2 Å². The third-order valence-electron chi connectivity index (χ3n) is 19.5. The number of nitrogens with zero attached hydrogens (tertiary/aromatic N) is 2. The van der Waals surface area contributed by atoms with Crippen molar-refractivity contribution in [3.8, 4) is 11.1 Å². The predicted molar refractivity (Wildman–Crippen MR) is 304 cm³/mol. The van der Waals surface area contributed by atoms with Crippen LogP contribution in [0.4, 0.5) is 33.4 Å². The Hall–Kier alpha value is -5.06. The van der Waals surface area contributed by atoms with Crippen molar-refractivity contribution < 1.29 is 0 Å². The van der Waals surface area contributed by atoms with Crippen LogP contribution in [0, 0.1) is 6.92 Å². The number of benzene rings is 6. The zero-order valence-electron chi connectivity index (χ0n) is 44.6. The minimum atomic E-state index is -0.00608. The van der Waals surface area contributed by atoms with E-state index in [1.807, 2.05) is 0 Å². The van der Waals surface area contributed by atoms with Crippen molar-refractivity contribution in [2.75, 3.05) is 9.80 Å². The first-order valence-corrected chi connectivity index (χ1v) is 27.6. The monoisotopic (exact) mass is 937 g/mol. The maximum atomic E-state index is 2.75. The highest BCUT2D eigenvalue weighted by molar-refractivity contribution is 7.26. The largest absolute Gasteiger partial charge is 0.311 e. The molecule has 2 nitrogen and oxygen atoms in total. The van der Waals surface area contributed by atoms with E-state index in [-0.39, 0.29) is 44.6 Å². The molecule has 1 fully saturated rings. The molecular weight excluding hydrogens is 864 g/mol. The number of anilines is 6. The molecule has 1 saturated carbocycles. The van der Waals surface area contributed by atoms with Crippen molar-refractivity contribution in [3.05, 3.63) is 148 Å². The molecule has 4 aliphatic carbocycles. The van der Waals surface area contributed by atoms with Gasteiger partial charge < -0.3 is 9.80 Å². The van der Waals surface area contributed by atoms with E-state index in [4.69, 9.17) is 0 Å². The molecule has 4 heteroatoms. The molecule has 0 spiro atoms. The third kappa shape index (κ3) is 6.16. The van der Waals surface area contributed by atoms with Crippen molar-refractivity contribution >= 4 is 78.0 Å². The normalized spacial score (nSPS) is 23.7. The fraction of sp³-hybridized carbons (Fsp3) is 0.424. The summed E-state index contributed by atoms with van der Waals surface area (Å²) < 4.78 is 1.45. The lowest BCUT2D eigenvalue weighted by Crippen LogP contribution is -2.61. The summed E-state index contributed by atoms with van der Waals surface area (Å²) in [4.78, 5) is 5.48. The van der Waals surface area contributed by atoms with Crippen molar-refractivity contribution in [1.82, 2.24) is 0 Å². The molecule has 6 aromatic carbocycles. The van der Waals surface area contributed by atoms with Crippen LogP contribution in [0.25, 0.3) is 21.2 Å². The van der Waals surface area contributed by atoms with E-state index in [0.29, 0.717) is 0 Å². The van der Waals surface area contributed by atoms with E-state index in [9.17, 15) is 0 Å². The molecule has 1 aromatic heterocycles. The van der Waals surface area contributed by atoms with Crippen LogP contribution in [0.15, 0.2) is 103 Å². The number of hydrogen-bond donors (Lipinski definition) is 0. The molecule has 70 heavy (non-hydrogen) atoms. The summed E-state index contributed by atoms with van der Waals surface area (Å²) in [6.45, 7) is 34.5. The Morgan fingerprint density at radius 3 is 1.73 bits per heavy atom. The fourth-order valence-corrected chi connectivity index (χ4v) is 16.4. The number of fused-ring (bicyclic) bond motifs is 13. The van der Waals surface area contributed by atoms with E-state index >= 15 is 0 Å². The first-order valence-electron chi connectivity index (χ1n) is 26.8. The van der Waals surface area contributed by atoms with Gasteiger partial charge in [-0.05, 0) is 216 Å². The Labute approximate surface area is 424 Å². The molecule has 3 heterocycles. The lowest BCUT2D eigenvalue weighted by Gasteiger charge is -2.47. The highest BCUT2D eigenvalue weighted by atomic mass is 32.1.